The van der Waals surface area contributed by atoms with E-state index in [0.29, 0.717) is 6.54 Å². The third-order valence-corrected chi connectivity index (χ3v) is 1.86. The lowest BCUT2D eigenvalue weighted by atomic mass is 10.3. The number of carbonyl (C=O) groups is 1. The molecule has 78 valence electrons. The van der Waals surface area contributed by atoms with Crippen LogP contribution in [-0.4, -0.2) is 42.2 Å². The fraction of sp³-hybridized carbons (Fsp3) is 0.857. The van der Waals surface area contributed by atoms with Crippen molar-refractivity contribution in [3.8, 4) is 0 Å². The standard InChI is InChI=1S/C7H17N3O3/c1-6(5-11)10(2)4-3-7(12)13-9-8/h6,9,11H,3-5,8H2,1-2H3. The molecule has 6 heteroatoms. The number of hydrazine groups is 1. The number of rotatable bonds is 6. The molecular formula is C7H17N3O3. The lowest BCUT2D eigenvalue weighted by Crippen LogP contribution is -2.35. The minimum atomic E-state index is -0.417. The van der Waals surface area contributed by atoms with E-state index < -0.39 is 5.97 Å². The molecule has 0 aromatic heterocycles. The lowest BCUT2D eigenvalue weighted by molar-refractivity contribution is -0.151. The number of nitrogens with two attached hydrogens (primary N) is 1. The predicted octanol–water partition coefficient (Wildman–Crippen LogP) is -1.39. The third kappa shape index (κ3) is 5.53. The van der Waals surface area contributed by atoms with Gasteiger partial charge in [0, 0.05) is 12.6 Å². The lowest BCUT2D eigenvalue weighted by Gasteiger charge is -2.21. The largest absolute Gasteiger partial charge is 0.395 e. The van der Waals surface area contributed by atoms with Crippen molar-refractivity contribution in [2.24, 2.45) is 5.84 Å². The first-order chi connectivity index (χ1) is 6.11. The molecular weight excluding hydrogens is 174 g/mol. The van der Waals surface area contributed by atoms with Gasteiger partial charge in [-0.2, -0.15) is 0 Å². The maximum atomic E-state index is 10.8. The molecule has 0 aliphatic heterocycles. The second-order valence-corrected chi connectivity index (χ2v) is 2.85. The van der Waals surface area contributed by atoms with Crippen molar-refractivity contribution < 1.29 is 14.7 Å². The minimum Gasteiger partial charge on any atom is -0.395 e. The van der Waals surface area contributed by atoms with Crippen molar-refractivity contribution in [3.63, 3.8) is 0 Å². The van der Waals surface area contributed by atoms with Gasteiger partial charge in [-0.1, -0.05) is 5.59 Å². The molecule has 0 saturated heterocycles. The molecule has 1 unspecified atom stereocenters. The van der Waals surface area contributed by atoms with E-state index >= 15 is 0 Å². The Morgan fingerprint density at radius 2 is 2.38 bits per heavy atom. The fourth-order valence-electron chi connectivity index (χ4n) is 0.744. The van der Waals surface area contributed by atoms with E-state index in [4.69, 9.17) is 10.9 Å². The average molecular weight is 191 g/mol. The highest BCUT2D eigenvalue weighted by Gasteiger charge is 2.10. The summed E-state index contributed by atoms with van der Waals surface area (Å²) in [5, 5.41) is 8.78. The summed E-state index contributed by atoms with van der Waals surface area (Å²) in [5.41, 5.74) is 1.82. The zero-order valence-corrected chi connectivity index (χ0v) is 7.99. The first kappa shape index (κ1) is 12.3. The Balaban J connectivity index is 3.57. The van der Waals surface area contributed by atoms with Crippen LogP contribution in [0.15, 0.2) is 0 Å². The SMILES string of the molecule is CC(CO)N(C)CCC(=O)ONN. The van der Waals surface area contributed by atoms with Crippen molar-refractivity contribution in [1.82, 2.24) is 10.5 Å². The van der Waals surface area contributed by atoms with Crippen LogP contribution >= 0.6 is 0 Å². The van der Waals surface area contributed by atoms with Crippen LogP contribution in [0, 0.1) is 0 Å². The van der Waals surface area contributed by atoms with Gasteiger partial charge in [0.05, 0.1) is 13.0 Å². The van der Waals surface area contributed by atoms with Crippen LogP contribution in [0.5, 0.6) is 0 Å². The number of nitrogens with zero attached hydrogens (tertiary/aromatic N) is 1. The van der Waals surface area contributed by atoms with E-state index in [1.54, 1.807) is 0 Å². The van der Waals surface area contributed by atoms with Gasteiger partial charge in [-0.15, -0.1) is 0 Å². The van der Waals surface area contributed by atoms with Crippen molar-refractivity contribution in [1.29, 1.82) is 0 Å². The number of carbonyl (C=O) groups excluding carboxylic acids is 1. The Hall–Kier alpha value is -0.690. The Morgan fingerprint density at radius 1 is 1.77 bits per heavy atom. The number of hydrogen-bond donors (Lipinski definition) is 3. The van der Waals surface area contributed by atoms with E-state index in [1.165, 1.54) is 0 Å². The Bertz CT molecular complexity index is 154. The highest BCUT2D eigenvalue weighted by Crippen LogP contribution is 1.96. The third-order valence-electron chi connectivity index (χ3n) is 1.86. The van der Waals surface area contributed by atoms with Gasteiger partial charge in [-0.3, -0.25) is 4.79 Å². The predicted molar refractivity (Wildman–Crippen MR) is 47.2 cm³/mol. The van der Waals surface area contributed by atoms with Gasteiger partial charge in [0.25, 0.3) is 0 Å². The van der Waals surface area contributed by atoms with E-state index in [0.717, 1.165) is 0 Å². The zero-order chi connectivity index (χ0) is 10.3. The molecule has 6 nitrogen and oxygen atoms in total. The molecule has 4 N–H and O–H groups in total. The molecule has 0 fully saturated rings. The van der Waals surface area contributed by atoms with Gasteiger partial charge in [0.2, 0.25) is 0 Å². The van der Waals surface area contributed by atoms with Gasteiger partial charge in [-0.25, -0.2) is 5.84 Å². The van der Waals surface area contributed by atoms with Gasteiger partial charge >= 0.3 is 5.97 Å². The van der Waals surface area contributed by atoms with Crippen LogP contribution in [0.3, 0.4) is 0 Å². The summed E-state index contributed by atoms with van der Waals surface area (Å²) in [6.45, 7) is 2.47. The Kier molecular flexibility index (Phi) is 6.43. The Labute approximate surface area is 77.6 Å². The molecule has 0 aromatic carbocycles. The number of hydrogen-bond acceptors (Lipinski definition) is 6. The molecule has 0 aromatic rings. The van der Waals surface area contributed by atoms with Crippen molar-refractivity contribution in [2.75, 3.05) is 20.2 Å². The minimum absolute atomic E-state index is 0.0404. The quantitative estimate of drug-likeness (QED) is 0.354. The van der Waals surface area contributed by atoms with Gasteiger partial charge < -0.3 is 14.8 Å². The van der Waals surface area contributed by atoms with Crippen molar-refractivity contribution >= 4 is 5.97 Å². The first-order valence-corrected chi connectivity index (χ1v) is 4.08. The molecule has 0 bridgehead atoms. The summed E-state index contributed by atoms with van der Waals surface area (Å²) in [7, 11) is 1.82. The normalized spacial score (nSPS) is 13.0. The maximum absolute atomic E-state index is 10.8. The molecule has 1 atom stereocenters. The number of nitrogens with one attached hydrogen (secondary N) is 1. The van der Waals surface area contributed by atoms with E-state index in [2.05, 4.69) is 4.84 Å². The zero-order valence-electron chi connectivity index (χ0n) is 7.99. The summed E-state index contributed by atoms with van der Waals surface area (Å²) in [5.74, 6) is 4.36. The van der Waals surface area contributed by atoms with Gasteiger partial charge in [-0.05, 0) is 14.0 Å². The summed E-state index contributed by atoms with van der Waals surface area (Å²) in [6, 6.07) is 0.0404. The maximum Gasteiger partial charge on any atom is 0.327 e. The van der Waals surface area contributed by atoms with Crippen molar-refractivity contribution in [2.45, 2.75) is 19.4 Å². The van der Waals surface area contributed by atoms with E-state index in [-0.39, 0.29) is 19.1 Å². The molecule has 0 saturated carbocycles. The highest BCUT2D eigenvalue weighted by atomic mass is 16.7. The van der Waals surface area contributed by atoms with Gasteiger partial charge in [0.15, 0.2) is 0 Å². The molecule has 0 rings (SSSR count). The second-order valence-electron chi connectivity index (χ2n) is 2.85. The first-order valence-electron chi connectivity index (χ1n) is 4.08. The number of aliphatic hydroxyl groups is 1. The van der Waals surface area contributed by atoms with Crippen LogP contribution in [0.2, 0.25) is 0 Å². The van der Waals surface area contributed by atoms with E-state index in [1.807, 2.05) is 24.5 Å². The molecule has 0 radical (unpaired) electrons. The molecule has 0 aliphatic carbocycles. The van der Waals surface area contributed by atoms with Crippen molar-refractivity contribution in [3.05, 3.63) is 0 Å². The molecule has 0 aliphatic rings. The molecule has 13 heavy (non-hydrogen) atoms. The average Bonchev–Trinajstić information content (AvgIpc) is 2.13. The van der Waals surface area contributed by atoms with Crippen LogP contribution in [0.25, 0.3) is 0 Å². The molecule has 0 amide bonds. The summed E-state index contributed by atoms with van der Waals surface area (Å²) < 4.78 is 0. The Morgan fingerprint density at radius 3 is 2.85 bits per heavy atom. The van der Waals surface area contributed by atoms with Crippen LogP contribution in [0.1, 0.15) is 13.3 Å². The topological polar surface area (TPSA) is 87.8 Å². The van der Waals surface area contributed by atoms with Crippen LogP contribution in [-0.2, 0) is 9.63 Å². The van der Waals surface area contributed by atoms with E-state index in [9.17, 15) is 4.79 Å². The summed E-state index contributed by atoms with van der Waals surface area (Å²) in [4.78, 5) is 17.0. The fourth-order valence-corrected chi connectivity index (χ4v) is 0.744. The molecule has 0 spiro atoms. The van der Waals surface area contributed by atoms with Crippen LogP contribution in [0.4, 0.5) is 0 Å². The van der Waals surface area contributed by atoms with Crippen LogP contribution < -0.4 is 11.4 Å². The molecule has 0 heterocycles. The smallest absolute Gasteiger partial charge is 0.327 e. The summed E-state index contributed by atoms with van der Waals surface area (Å²) in [6.07, 6.45) is 0.241. The highest BCUT2D eigenvalue weighted by molar-refractivity contribution is 5.69. The van der Waals surface area contributed by atoms with Gasteiger partial charge in [0.1, 0.15) is 0 Å². The number of likely N-dealkylation sites (N-methyl/N-ethyl adjacent to an activating group) is 1. The number of aliphatic hydroxyl groups excluding tert-OH is 1. The second kappa shape index (κ2) is 6.79. The monoisotopic (exact) mass is 191 g/mol. The summed E-state index contributed by atoms with van der Waals surface area (Å²) >= 11 is 0.